The number of piperidine rings is 1. The Hall–Kier alpha value is -2.70. The Bertz CT molecular complexity index is 1410. The highest BCUT2D eigenvalue weighted by Gasteiger charge is 2.31. The third-order valence-corrected chi connectivity index (χ3v) is 8.24. The number of benzene rings is 1. The van der Waals surface area contributed by atoms with Gasteiger partial charge in [-0.3, -0.25) is 0 Å². The average molecular weight is 486 g/mol. The number of aromatic nitrogens is 4. The molecule has 0 unspecified atom stereocenters. The van der Waals surface area contributed by atoms with Crippen molar-refractivity contribution in [2.24, 2.45) is 0 Å². The van der Waals surface area contributed by atoms with E-state index >= 15 is 0 Å². The van der Waals surface area contributed by atoms with Crippen LogP contribution in [0.5, 0.6) is 0 Å². The molecule has 4 heterocycles. The van der Waals surface area contributed by atoms with Gasteiger partial charge in [0.1, 0.15) is 6.33 Å². The summed E-state index contributed by atoms with van der Waals surface area (Å²) in [6, 6.07) is 7.06. The minimum atomic E-state index is -0.633. The zero-order chi connectivity index (χ0) is 25.2. The van der Waals surface area contributed by atoms with E-state index in [0.29, 0.717) is 17.8 Å². The molecule has 6 rings (SSSR count). The van der Waals surface area contributed by atoms with Gasteiger partial charge >= 0.3 is 0 Å². The van der Waals surface area contributed by atoms with Gasteiger partial charge in [0.25, 0.3) is 0 Å². The van der Waals surface area contributed by atoms with E-state index in [1.54, 1.807) is 6.33 Å². The van der Waals surface area contributed by atoms with Gasteiger partial charge in [-0.05, 0) is 106 Å². The molecule has 0 spiro atoms. The van der Waals surface area contributed by atoms with E-state index in [9.17, 15) is 5.11 Å². The van der Waals surface area contributed by atoms with Crippen LogP contribution in [-0.4, -0.2) is 54.8 Å². The summed E-state index contributed by atoms with van der Waals surface area (Å²) >= 11 is 0. The third kappa shape index (κ3) is 4.24. The predicted molar refractivity (Wildman–Crippen MR) is 146 cm³/mol. The van der Waals surface area contributed by atoms with Gasteiger partial charge in [-0.15, -0.1) is 0 Å². The number of likely N-dealkylation sites (tertiary alicyclic amines) is 1. The molecule has 0 bridgehead atoms. The standard InChI is InChI=1S/C30H39N5O/c1-18(2)26-23-14-22(20-10-12-34(13-11-20)16-30(4,5)36)8-9-25(23)33-28(26)24-15-35-29(31-17-32-35)27(19(24)3)21-6-7-21/h8-9,14-15,17-18,20-21,33,36H,6-7,10-13,16H2,1-5H3. The van der Waals surface area contributed by atoms with Gasteiger partial charge in [-0.1, -0.05) is 19.9 Å². The molecule has 36 heavy (non-hydrogen) atoms. The highest BCUT2D eigenvalue weighted by Crippen LogP contribution is 2.46. The first-order chi connectivity index (χ1) is 17.2. The number of hydrogen-bond donors (Lipinski definition) is 2. The lowest BCUT2D eigenvalue weighted by atomic mass is 9.87. The molecule has 1 aliphatic heterocycles. The van der Waals surface area contributed by atoms with E-state index in [1.807, 2.05) is 18.4 Å². The van der Waals surface area contributed by atoms with E-state index in [-0.39, 0.29) is 0 Å². The van der Waals surface area contributed by atoms with Crippen LogP contribution in [0.15, 0.2) is 30.7 Å². The van der Waals surface area contributed by atoms with Crippen molar-refractivity contribution in [1.82, 2.24) is 24.5 Å². The van der Waals surface area contributed by atoms with Crippen molar-refractivity contribution in [1.29, 1.82) is 0 Å². The first-order valence-electron chi connectivity index (χ1n) is 13.6. The van der Waals surface area contributed by atoms with Gasteiger partial charge in [0, 0.05) is 34.8 Å². The SMILES string of the molecule is Cc1c(-c2[nH]c3ccc(C4CCN(CC(C)(C)O)CC4)cc3c2C(C)C)cn2ncnc2c1C1CC1. The lowest BCUT2D eigenvalue weighted by molar-refractivity contribution is 0.0282. The molecule has 190 valence electrons. The van der Waals surface area contributed by atoms with E-state index in [4.69, 9.17) is 0 Å². The number of rotatable bonds is 6. The largest absolute Gasteiger partial charge is 0.389 e. The van der Waals surface area contributed by atoms with Crippen molar-refractivity contribution < 1.29 is 5.11 Å². The molecule has 0 amide bonds. The number of nitrogens with zero attached hydrogens (tertiary/aromatic N) is 4. The normalized spacial score (nSPS) is 18.2. The zero-order valence-corrected chi connectivity index (χ0v) is 22.3. The molecule has 1 saturated heterocycles. The Morgan fingerprint density at radius 3 is 2.53 bits per heavy atom. The maximum absolute atomic E-state index is 10.2. The summed E-state index contributed by atoms with van der Waals surface area (Å²) in [5.41, 5.74) is 9.62. The van der Waals surface area contributed by atoms with Crippen LogP contribution in [0.4, 0.5) is 0 Å². The molecule has 2 fully saturated rings. The molecule has 1 aromatic carbocycles. The topological polar surface area (TPSA) is 69.5 Å². The molecule has 6 nitrogen and oxygen atoms in total. The number of pyridine rings is 1. The van der Waals surface area contributed by atoms with Crippen LogP contribution in [0.25, 0.3) is 27.8 Å². The first-order valence-corrected chi connectivity index (χ1v) is 13.6. The highest BCUT2D eigenvalue weighted by molar-refractivity contribution is 5.93. The second-order valence-corrected chi connectivity index (χ2v) is 12.1. The van der Waals surface area contributed by atoms with Crippen LogP contribution < -0.4 is 0 Å². The van der Waals surface area contributed by atoms with Gasteiger partial charge in [-0.2, -0.15) is 5.10 Å². The second-order valence-electron chi connectivity index (χ2n) is 12.1. The quantitative estimate of drug-likeness (QED) is 0.344. The summed E-state index contributed by atoms with van der Waals surface area (Å²) < 4.78 is 1.97. The molecule has 6 heteroatoms. The number of fused-ring (bicyclic) bond motifs is 2. The van der Waals surface area contributed by atoms with Crippen molar-refractivity contribution in [3.63, 3.8) is 0 Å². The van der Waals surface area contributed by atoms with Crippen LogP contribution in [0, 0.1) is 6.92 Å². The molecule has 2 aliphatic rings. The van der Waals surface area contributed by atoms with Gasteiger partial charge in [0.15, 0.2) is 5.65 Å². The lowest BCUT2D eigenvalue weighted by Crippen LogP contribution is -2.42. The number of aromatic amines is 1. The van der Waals surface area contributed by atoms with Crippen LogP contribution in [0.2, 0.25) is 0 Å². The van der Waals surface area contributed by atoms with E-state index < -0.39 is 5.60 Å². The van der Waals surface area contributed by atoms with Gasteiger partial charge in [-0.25, -0.2) is 9.50 Å². The van der Waals surface area contributed by atoms with Crippen molar-refractivity contribution in [3.8, 4) is 11.3 Å². The molecular weight excluding hydrogens is 446 g/mol. The number of H-pyrrole nitrogens is 1. The summed E-state index contributed by atoms with van der Waals surface area (Å²) in [6.07, 6.45) is 8.62. The van der Waals surface area contributed by atoms with Crippen LogP contribution in [0.3, 0.4) is 0 Å². The average Bonchev–Trinajstić information content (AvgIpc) is 3.41. The van der Waals surface area contributed by atoms with Crippen LogP contribution in [-0.2, 0) is 0 Å². The molecule has 1 aliphatic carbocycles. The number of β-amino-alcohol motifs (C(OH)–C–C–N with tert-alkyl or cyclic N) is 1. The highest BCUT2D eigenvalue weighted by atomic mass is 16.3. The Kier molecular flexibility index (Phi) is 5.73. The van der Waals surface area contributed by atoms with Gasteiger partial charge < -0.3 is 15.0 Å². The Balaban J connectivity index is 1.39. The smallest absolute Gasteiger partial charge is 0.159 e. The zero-order valence-electron chi connectivity index (χ0n) is 22.3. The first kappa shape index (κ1) is 23.7. The molecule has 0 atom stereocenters. The summed E-state index contributed by atoms with van der Waals surface area (Å²) in [6.45, 7) is 13.5. The molecule has 0 radical (unpaired) electrons. The minimum absolute atomic E-state index is 0.396. The molecule has 3 aromatic heterocycles. The predicted octanol–water partition coefficient (Wildman–Crippen LogP) is 6.14. The van der Waals surface area contributed by atoms with Crippen LogP contribution in [0.1, 0.15) is 93.4 Å². The Morgan fingerprint density at radius 1 is 1.11 bits per heavy atom. The number of nitrogens with one attached hydrogen (secondary N) is 1. The molecule has 1 saturated carbocycles. The summed E-state index contributed by atoms with van der Waals surface area (Å²) in [4.78, 5) is 10.8. The van der Waals surface area contributed by atoms with Gasteiger partial charge in [0.05, 0.1) is 11.3 Å². The maximum atomic E-state index is 10.2. The summed E-state index contributed by atoms with van der Waals surface area (Å²) in [5, 5.41) is 16.1. The Labute approximate surface area is 213 Å². The second kappa shape index (κ2) is 8.70. The van der Waals surface area contributed by atoms with E-state index in [0.717, 1.165) is 38.1 Å². The maximum Gasteiger partial charge on any atom is 0.159 e. The summed E-state index contributed by atoms with van der Waals surface area (Å²) in [5.74, 6) is 1.57. The number of aliphatic hydroxyl groups is 1. The van der Waals surface area contributed by atoms with E-state index in [2.05, 4.69) is 65.1 Å². The fourth-order valence-corrected chi connectivity index (χ4v) is 6.45. The van der Waals surface area contributed by atoms with E-state index in [1.165, 1.54) is 57.3 Å². The molecule has 4 aromatic rings. The fraction of sp³-hybridized carbons (Fsp3) is 0.533. The van der Waals surface area contributed by atoms with Crippen LogP contribution >= 0.6 is 0 Å². The fourth-order valence-electron chi connectivity index (χ4n) is 6.45. The van der Waals surface area contributed by atoms with Gasteiger partial charge in [0.2, 0.25) is 0 Å². The van der Waals surface area contributed by atoms with Crippen molar-refractivity contribution in [2.75, 3.05) is 19.6 Å². The summed E-state index contributed by atoms with van der Waals surface area (Å²) in [7, 11) is 0. The monoisotopic (exact) mass is 485 g/mol. The Morgan fingerprint density at radius 2 is 1.86 bits per heavy atom. The molecular formula is C30H39N5O. The lowest BCUT2D eigenvalue weighted by Gasteiger charge is -2.35. The third-order valence-electron chi connectivity index (χ3n) is 8.24. The molecule has 2 N–H and O–H groups in total. The van der Waals surface area contributed by atoms with Crippen molar-refractivity contribution in [3.05, 3.63) is 53.0 Å². The van der Waals surface area contributed by atoms with Crippen molar-refractivity contribution >= 4 is 16.6 Å². The minimum Gasteiger partial charge on any atom is -0.389 e. The number of hydrogen-bond acceptors (Lipinski definition) is 4. The van der Waals surface area contributed by atoms with Crippen molar-refractivity contribution in [2.45, 2.75) is 83.7 Å².